The first kappa shape index (κ1) is 23.7. The third-order valence-corrected chi connectivity index (χ3v) is 16.1. The second kappa shape index (κ2) is 8.54. The monoisotopic (exact) mass is 440 g/mol. The molecular formula is C23H45N2O2PSi. The van der Waals surface area contributed by atoms with Gasteiger partial charge in [-0.3, -0.25) is 4.57 Å². The molecule has 0 radical (unpaired) electrons. The lowest BCUT2D eigenvalue weighted by Crippen LogP contribution is -2.43. The number of rotatable bonds is 5. The van der Waals surface area contributed by atoms with E-state index >= 15 is 0 Å². The minimum Gasteiger partial charge on any atom is -0.414 e. The van der Waals surface area contributed by atoms with Crippen molar-refractivity contribution in [3.63, 3.8) is 0 Å². The first-order valence-corrected chi connectivity index (χ1v) is 16.4. The maximum atomic E-state index is 13.9. The predicted molar refractivity (Wildman–Crippen MR) is 127 cm³/mol. The molecule has 1 aliphatic heterocycles. The van der Waals surface area contributed by atoms with Gasteiger partial charge in [0.2, 0.25) is 7.44 Å². The van der Waals surface area contributed by atoms with Crippen molar-refractivity contribution in [2.24, 2.45) is 11.8 Å². The Labute approximate surface area is 181 Å². The summed E-state index contributed by atoms with van der Waals surface area (Å²) in [7, 11) is -0.0904. The van der Waals surface area contributed by atoms with Crippen molar-refractivity contribution in [3.05, 3.63) is 11.9 Å². The lowest BCUT2D eigenvalue weighted by atomic mass is 9.91. The summed E-state index contributed by atoms with van der Waals surface area (Å²) in [4.78, 5) is 0. The van der Waals surface area contributed by atoms with Crippen molar-refractivity contribution in [1.82, 2.24) is 9.34 Å². The summed E-state index contributed by atoms with van der Waals surface area (Å²) in [6, 6.07) is 0.932. The van der Waals surface area contributed by atoms with E-state index in [1.807, 2.05) is 0 Å². The van der Waals surface area contributed by atoms with Crippen LogP contribution in [0.3, 0.4) is 0 Å². The molecule has 29 heavy (non-hydrogen) atoms. The van der Waals surface area contributed by atoms with Crippen LogP contribution in [0, 0.1) is 11.8 Å². The highest BCUT2D eigenvalue weighted by Crippen LogP contribution is 2.63. The van der Waals surface area contributed by atoms with Crippen molar-refractivity contribution in [3.8, 4) is 0 Å². The summed E-state index contributed by atoms with van der Waals surface area (Å²) in [5.74, 6) is 3.18. The van der Waals surface area contributed by atoms with Crippen molar-refractivity contribution < 1.29 is 8.99 Å². The van der Waals surface area contributed by atoms with Crippen molar-refractivity contribution >= 4 is 15.8 Å². The summed E-state index contributed by atoms with van der Waals surface area (Å²) in [6.07, 6.45) is 11.2. The zero-order valence-corrected chi connectivity index (χ0v) is 22.0. The van der Waals surface area contributed by atoms with Gasteiger partial charge in [-0.1, -0.05) is 46.6 Å². The molecule has 0 amide bonds. The smallest absolute Gasteiger partial charge is 0.238 e. The molecule has 1 saturated heterocycles. The molecule has 168 valence electrons. The van der Waals surface area contributed by atoms with Gasteiger partial charge in [0, 0.05) is 24.0 Å². The molecule has 1 heterocycles. The highest BCUT2D eigenvalue weighted by molar-refractivity contribution is 7.62. The highest BCUT2D eigenvalue weighted by atomic mass is 31.2. The quantitative estimate of drug-likeness (QED) is 0.351. The van der Waals surface area contributed by atoms with Gasteiger partial charge in [-0.25, -0.2) is 9.34 Å². The number of likely N-dealkylation sites (N-methyl/N-ethyl adjacent to an activating group) is 2. The maximum Gasteiger partial charge on any atom is 0.238 e. The SMILES string of the molecule is C[C@@H](/C=C/P1(=O)N(C)[C@@H]2CCCC[C@H]2N1C)[C@@H]1CCC(O[Si](C)(C)C(C)(C)C)C1. The molecule has 0 bridgehead atoms. The molecule has 0 spiro atoms. The first-order chi connectivity index (χ1) is 13.4. The Bertz CT molecular complexity index is 638. The van der Waals surface area contributed by atoms with E-state index in [0.717, 1.165) is 6.42 Å². The number of nitrogens with zero attached hydrogens (tertiary/aromatic N) is 2. The average molecular weight is 441 g/mol. The number of hydrogen-bond acceptors (Lipinski definition) is 2. The van der Waals surface area contributed by atoms with E-state index in [1.165, 1.54) is 38.5 Å². The summed E-state index contributed by atoms with van der Waals surface area (Å²) < 4.78 is 25.0. The normalized spacial score (nSPS) is 35.3. The van der Waals surface area contributed by atoms with E-state index in [2.05, 4.69) is 76.1 Å². The Hall–Kier alpha value is 0.0669. The van der Waals surface area contributed by atoms with Crippen LogP contribution < -0.4 is 0 Å². The summed E-state index contributed by atoms with van der Waals surface area (Å²) in [6.45, 7) is 14.0. The van der Waals surface area contributed by atoms with E-state index in [4.69, 9.17) is 4.43 Å². The van der Waals surface area contributed by atoms with Gasteiger partial charge < -0.3 is 4.43 Å². The number of fused-ring (bicyclic) bond motifs is 1. The van der Waals surface area contributed by atoms with Crippen LogP contribution in [0.15, 0.2) is 11.9 Å². The van der Waals surface area contributed by atoms with Crippen LogP contribution in [0.5, 0.6) is 0 Å². The standard InChI is InChI=1S/C23H45N2O2PSi/c1-18(19-13-14-20(17-19)27-29(7,8)23(2,3)4)15-16-28(26)24(5)21-11-9-10-12-22(21)25(28)6/h15-16,18-22H,9-14,17H2,1-8H3/b16-15+/t18-,19+,20?,21+,22+/m0/s1. The molecule has 1 unspecified atom stereocenters. The minimum atomic E-state index is -2.56. The Balaban J connectivity index is 1.61. The van der Waals surface area contributed by atoms with Crippen LogP contribution in [0.25, 0.3) is 0 Å². The molecule has 3 fully saturated rings. The minimum absolute atomic E-state index is 0.268. The lowest BCUT2D eigenvalue weighted by Gasteiger charge is -2.38. The molecule has 2 saturated carbocycles. The van der Waals surface area contributed by atoms with Gasteiger partial charge in [0.15, 0.2) is 8.32 Å². The highest BCUT2D eigenvalue weighted by Gasteiger charge is 2.50. The molecular weight excluding hydrogens is 395 g/mol. The average Bonchev–Trinajstić information content (AvgIpc) is 3.17. The molecule has 4 nitrogen and oxygen atoms in total. The van der Waals surface area contributed by atoms with Gasteiger partial charge in [-0.15, -0.1) is 0 Å². The zero-order chi connectivity index (χ0) is 21.6. The van der Waals surface area contributed by atoms with Gasteiger partial charge in [0.25, 0.3) is 0 Å². The molecule has 0 aromatic carbocycles. The number of allylic oxidation sites excluding steroid dienone is 1. The van der Waals surface area contributed by atoms with Crippen LogP contribution >= 0.6 is 7.44 Å². The van der Waals surface area contributed by atoms with Crippen molar-refractivity contribution in [2.45, 2.75) is 109 Å². The van der Waals surface area contributed by atoms with E-state index in [9.17, 15) is 4.57 Å². The fourth-order valence-electron chi connectivity index (χ4n) is 5.38. The third-order valence-electron chi connectivity index (χ3n) is 8.58. The van der Waals surface area contributed by atoms with Crippen molar-refractivity contribution in [2.75, 3.05) is 14.1 Å². The first-order valence-electron chi connectivity index (χ1n) is 11.8. The van der Waals surface area contributed by atoms with Gasteiger partial charge in [0.1, 0.15) is 0 Å². The van der Waals surface area contributed by atoms with E-state index in [-0.39, 0.29) is 5.04 Å². The van der Waals surface area contributed by atoms with Gasteiger partial charge in [0.05, 0.1) is 0 Å². The predicted octanol–water partition coefficient (Wildman–Crippen LogP) is 6.71. The van der Waals surface area contributed by atoms with E-state index < -0.39 is 15.8 Å². The van der Waals surface area contributed by atoms with E-state index in [0.29, 0.717) is 30.0 Å². The van der Waals surface area contributed by atoms with Crippen LogP contribution in [0.2, 0.25) is 18.1 Å². The molecule has 6 heteroatoms. The fraction of sp³-hybridized carbons (Fsp3) is 0.913. The Morgan fingerprint density at radius 3 is 2.10 bits per heavy atom. The Morgan fingerprint density at radius 2 is 1.59 bits per heavy atom. The number of hydrogen-bond donors (Lipinski definition) is 0. The van der Waals surface area contributed by atoms with E-state index in [1.54, 1.807) is 0 Å². The van der Waals surface area contributed by atoms with Gasteiger partial charge in [-0.2, -0.15) is 0 Å². The molecule has 0 aromatic heterocycles. The fourth-order valence-corrected chi connectivity index (χ4v) is 9.53. The second-order valence-corrected chi connectivity index (χ2v) is 18.9. The van der Waals surface area contributed by atoms with Crippen LogP contribution in [0.4, 0.5) is 0 Å². The molecule has 3 aliphatic rings. The summed E-state index contributed by atoms with van der Waals surface area (Å²) >= 11 is 0. The molecule has 0 aromatic rings. The Kier molecular flexibility index (Phi) is 6.99. The van der Waals surface area contributed by atoms with Crippen molar-refractivity contribution in [1.29, 1.82) is 0 Å². The lowest BCUT2D eigenvalue weighted by molar-refractivity contribution is 0.180. The molecule has 5 atom stereocenters. The zero-order valence-electron chi connectivity index (χ0n) is 20.1. The second-order valence-electron chi connectivity index (χ2n) is 11.4. The molecule has 2 aliphatic carbocycles. The largest absolute Gasteiger partial charge is 0.414 e. The molecule has 3 rings (SSSR count). The van der Waals surface area contributed by atoms with Crippen LogP contribution in [-0.2, 0) is 8.99 Å². The third kappa shape index (κ3) is 4.65. The summed E-state index contributed by atoms with van der Waals surface area (Å²) in [5.41, 5.74) is 0. The maximum absolute atomic E-state index is 13.9. The topological polar surface area (TPSA) is 32.8 Å². The van der Waals surface area contributed by atoms with Crippen LogP contribution in [-0.4, -0.2) is 49.9 Å². The Morgan fingerprint density at radius 1 is 1.03 bits per heavy atom. The summed E-state index contributed by atoms with van der Waals surface area (Å²) in [5, 5.41) is 0.268. The van der Waals surface area contributed by atoms with Gasteiger partial charge >= 0.3 is 0 Å². The van der Waals surface area contributed by atoms with Gasteiger partial charge in [-0.05, 0) is 76.2 Å². The van der Waals surface area contributed by atoms with Crippen LogP contribution in [0.1, 0.15) is 72.6 Å². The molecule has 0 N–H and O–H groups in total.